The van der Waals surface area contributed by atoms with E-state index in [1.165, 1.54) is 5.75 Å². The van der Waals surface area contributed by atoms with Crippen LogP contribution in [0.15, 0.2) is 30.3 Å². The van der Waals surface area contributed by atoms with E-state index in [1.807, 2.05) is 36.9 Å². The minimum atomic E-state index is -0.000346. The lowest BCUT2D eigenvalue weighted by Crippen LogP contribution is -2.42. The molecule has 1 spiro atoms. The van der Waals surface area contributed by atoms with Crippen LogP contribution in [0.5, 0.6) is 0 Å². The fourth-order valence-electron chi connectivity index (χ4n) is 3.39. The number of carbonyl (C=O) groups is 1. The van der Waals surface area contributed by atoms with Crippen LogP contribution in [0, 0.1) is 5.92 Å². The average Bonchev–Trinajstić information content (AvgIpc) is 2.94. The Morgan fingerprint density at radius 1 is 1.40 bits per heavy atom. The van der Waals surface area contributed by atoms with Crippen LogP contribution in [0.2, 0.25) is 0 Å². The van der Waals surface area contributed by atoms with E-state index in [-0.39, 0.29) is 17.4 Å². The molecule has 3 atom stereocenters. The maximum Gasteiger partial charge on any atom is 0.143 e. The van der Waals surface area contributed by atoms with Gasteiger partial charge < -0.3 is 4.74 Å². The van der Waals surface area contributed by atoms with Crippen LogP contribution in [0.25, 0.3) is 0 Å². The van der Waals surface area contributed by atoms with Gasteiger partial charge in [-0.1, -0.05) is 37.3 Å². The smallest absolute Gasteiger partial charge is 0.143 e. The van der Waals surface area contributed by atoms with Gasteiger partial charge in [0.1, 0.15) is 5.78 Å². The number of rotatable bonds is 3. The minimum absolute atomic E-state index is 0.000346. The van der Waals surface area contributed by atoms with Gasteiger partial charge in [0, 0.05) is 24.2 Å². The predicted molar refractivity (Wildman–Crippen MR) is 83.2 cm³/mol. The van der Waals surface area contributed by atoms with Crippen molar-refractivity contribution < 1.29 is 9.53 Å². The van der Waals surface area contributed by atoms with E-state index in [9.17, 15) is 4.79 Å². The summed E-state index contributed by atoms with van der Waals surface area (Å²) in [5, 5.41) is 0. The van der Waals surface area contributed by atoms with Crippen molar-refractivity contribution in [3.05, 3.63) is 35.9 Å². The molecule has 0 N–H and O–H groups in total. The molecule has 3 heteroatoms. The molecule has 2 nitrogen and oxygen atoms in total. The summed E-state index contributed by atoms with van der Waals surface area (Å²) < 4.78 is 6.02. The Hall–Kier alpha value is -0.800. The van der Waals surface area contributed by atoms with E-state index in [4.69, 9.17) is 4.74 Å². The van der Waals surface area contributed by atoms with Gasteiger partial charge >= 0.3 is 0 Å². The van der Waals surface area contributed by atoms with Crippen molar-refractivity contribution in [2.24, 2.45) is 5.92 Å². The Kier molecular flexibility index (Phi) is 4.18. The number of benzene rings is 1. The number of ether oxygens (including phenoxy) is 1. The summed E-state index contributed by atoms with van der Waals surface area (Å²) in [5.74, 6) is 2.82. The number of hydrogen-bond donors (Lipinski definition) is 0. The molecule has 0 bridgehead atoms. The largest absolute Gasteiger partial charge is 0.374 e. The average molecular weight is 290 g/mol. The Balaban J connectivity index is 1.70. The topological polar surface area (TPSA) is 26.3 Å². The lowest BCUT2D eigenvalue weighted by atomic mass is 9.78. The van der Waals surface area contributed by atoms with Crippen molar-refractivity contribution in [3.8, 4) is 0 Å². The van der Waals surface area contributed by atoms with Gasteiger partial charge in [-0.2, -0.15) is 11.8 Å². The molecule has 2 fully saturated rings. The minimum Gasteiger partial charge on any atom is -0.374 e. The first-order valence-electron chi connectivity index (χ1n) is 7.51. The number of carbonyl (C=O) groups excluding carboxylic acids is 1. The monoisotopic (exact) mass is 290 g/mol. The van der Waals surface area contributed by atoms with Crippen molar-refractivity contribution in [3.63, 3.8) is 0 Å². The summed E-state index contributed by atoms with van der Waals surface area (Å²) in [6.07, 6.45) is 2.93. The van der Waals surface area contributed by atoms with Gasteiger partial charge in [0.05, 0.1) is 5.60 Å². The molecule has 2 aliphatic heterocycles. The number of ketones is 1. The predicted octanol–water partition coefficient (Wildman–Crippen LogP) is 3.66. The zero-order chi connectivity index (χ0) is 14.0. The molecule has 3 rings (SSSR count). The molecular formula is C17H22O2S. The Morgan fingerprint density at radius 3 is 2.90 bits per heavy atom. The summed E-state index contributed by atoms with van der Waals surface area (Å²) in [7, 11) is 0. The fourth-order valence-corrected chi connectivity index (χ4v) is 4.77. The second-order valence-corrected chi connectivity index (χ2v) is 7.16. The third kappa shape index (κ3) is 2.79. The first kappa shape index (κ1) is 14.2. The van der Waals surface area contributed by atoms with Crippen LogP contribution in [0.3, 0.4) is 0 Å². The quantitative estimate of drug-likeness (QED) is 0.850. The van der Waals surface area contributed by atoms with E-state index in [1.54, 1.807) is 0 Å². The maximum atomic E-state index is 12.8. The summed E-state index contributed by atoms with van der Waals surface area (Å²) in [5.41, 5.74) is 1.14. The highest BCUT2D eigenvalue weighted by Crippen LogP contribution is 2.41. The molecule has 1 aromatic carbocycles. The van der Waals surface area contributed by atoms with E-state index >= 15 is 0 Å². The Labute approximate surface area is 125 Å². The Morgan fingerprint density at radius 2 is 2.20 bits per heavy atom. The molecule has 0 saturated carbocycles. The van der Waals surface area contributed by atoms with Crippen LogP contribution in [-0.4, -0.2) is 29.5 Å². The normalized spacial score (nSPS) is 31.4. The van der Waals surface area contributed by atoms with Gasteiger partial charge in [0.15, 0.2) is 0 Å². The zero-order valence-corrected chi connectivity index (χ0v) is 12.8. The van der Waals surface area contributed by atoms with Crippen LogP contribution in [0.1, 0.15) is 37.7 Å². The summed E-state index contributed by atoms with van der Waals surface area (Å²) >= 11 is 1.96. The molecule has 2 aliphatic rings. The third-order valence-corrected chi connectivity index (χ3v) is 5.91. The highest BCUT2D eigenvalue weighted by atomic mass is 32.2. The van der Waals surface area contributed by atoms with Crippen LogP contribution >= 0.6 is 11.8 Å². The molecule has 2 saturated heterocycles. The van der Waals surface area contributed by atoms with Crippen molar-refractivity contribution >= 4 is 17.5 Å². The summed E-state index contributed by atoms with van der Waals surface area (Å²) in [6.45, 7) is 2.79. The van der Waals surface area contributed by atoms with Gasteiger partial charge in [-0.3, -0.25) is 4.79 Å². The molecule has 0 aromatic heterocycles. The Bertz CT molecular complexity index is 465. The molecule has 0 radical (unpaired) electrons. The van der Waals surface area contributed by atoms with Crippen LogP contribution in [0.4, 0.5) is 0 Å². The SMILES string of the molecule is CC(C(=O)C1CCOC2(CCSC2)C1)c1ccccc1. The van der Waals surface area contributed by atoms with E-state index in [0.29, 0.717) is 5.78 Å². The zero-order valence-electron chi connectivity index (χ0n) is 12.0. The molecule has 108 valence electrons. The molecule has 20 heavy (non-hydrogen) atoms. The molecule has 0 aliphatic carbocycles. The standard InChI is InChI=1S/C17H22O2S/c1-13(14-5-3-2-4-6-14)16(18)15-7-9-19-17(11-15)8-10-20-12-17/h2-6,13,15H,7-12H2,1H3. The lowest BCUT2D eigenvalue weighted by molar-refractivity contribution is -0.135. The van der Waals surface area contributed by atoms with Crippen molar-refractivity contribution in [2.45, 2.75) is 37.7 Å². The molecule has 2 heterocycles. The van der Waals surface area contributed by atoms with Crippen molar-refractivity contribution in [2.75, 3.05) is 18.1 Å². The second-order valence-electron chi connectivity index (χ2n) is 6.06. The third-order valence-electron chi connectivity index (χ3n) is 4.69. The highest BCUT2D eigenvalue weighted by Gasteiger charge is 2.43. The van der Waals surface area contributed by atoms with Gasteiger partial charge in [-0.15, -0.1) is 0 Å². The number of hydrogen-bond acceptors (Lipinski definition) is 3. The maximum absolute atomic E-state index is 12.8. The number of thioether (sulfide) groups is 1. The molecule has 1 aromatic rings. The van der Waals surface area contributed by atoms with Crippen LogP contribution < -0.4 is 0 Å². The number of Topliss-reactive ketones (excluding diaryl/α,β-unsaturated/α-hetero) is 1. The summed E-state index contributed by atoms with van der Waals surface area (Å²) in [4.78, 5) is 12.8. The highest BCUT2D eigenvalue weighted by molar-refractivity contribution is 7.99. The second kappa shape index (κ2) is 5.90. The van der Waals surface area contributed by atoms with E-state index in [2.05, 4.69) is 12.1 Å². The molecule has 3 unspecified atom stereocenters. The van der Waals surface area contributed by atoms with Gasteiger partial charge in [-0.25, -0.2) is 0 Å². The first-order valence-corrected chi connectivity index (χ1v) is 8.66. The van der Waals surface area contributed by atoms with E-state index in [0.717, 1.165) is 37.2 Å². The molecular weight excluding hydrogens is 268 g/mol. The van der Waals surface area contributed by atoms with Crippen LogP contribution in [-0.2, 0) is 9.53 Å². The van der Waals surface area contributed by atoms with Crippen molar-refractivity contribution in [1.29, 1.82) is 0 Å². The van der Waals surface area contributed by atoms with Gasteiger partial charge in [-0.05, 0) is 30.6 Å². The van der Waals surface area contributed by atoms with Gasteiger partial charge in [0.2, 0.25) is 0 Å². The first-order chi connectivity index (χ1) is 9.70. The fraction of sp³-hybridized carbons (Fsp3) is 0.588. The van der Waals surface area contributed by atoms with Gasteiger partial charge in [0.25, 0.3) is 0 Å². The van der Waals surface area contributed by atoms with Crippen molar-refractivity contribution in [1.82, 2.24) is 0 Å². The molecule has 0 amide bonds. The summed E-state index contributed by atoms with van der Waals surface area (Å²) in [6, 6.07) is 10.1. The van der Waals surface area contributed by atoms with E-state index < -0.39 is 0 Å². The lowest BCUT2D eigenvalue weighted by Gasteiger charge is -2.38.